The Balaban J connectivity index is 2.09. The third-order valence-corrected chi connectivity index (χ3v) is 4.70. The molecule has 19 heavy (non-hydrogen) atoms. The summed E-state index contributed by atoms with van der Waals surface area (Å²) in [6.07, 6.45) is 5.01. The first-order chi connectivity index (χ1) is 9.28. The average Bonchev–Trinajstić information content (AvgIpc) is 2.66. The highest BCUT2D eigenvalue weighted by atomic mass is 16.2. The molecule has 0 bridgehead atoms. The van der Waals surface area contributed by atoms with Gasteiger partial charge < -0.3 is 4.90 Å². The quantitative estimate of drug-likeness (QED) is 0.781. The molecule has 2 aromatic rings. The fourth-order valence-electron chi connectivity index (χ4n) is 3.62. The lowest BCUT2D eigenvalue weighted by Gasteiger charge is -2.37. The van der Waals surface area contributed by atoms with E-state index in [1.807, 2.05) is 36.2 Å². The summed E-state index contributed by atoms with van der Waals surface area (Å²) in [7, 11) is 0. The van der Waals surface area contributed by atoms with E-state index in [2.05, 4.69) is 11.1 Å². The van der Waals surface area contributed by atoms with Gasteiger partial charge in [-0.3, -0.25) is 9.78 Å². The zero-order valence-corrected chi connectivity index (χ0v) is 11.0. The van der Waals surface area contributed by atoms with E-state index in [-0.39, 0.29) is 11.3 Å². The summed E-state index contributed by atoms with van der Waals surface area (Å²) in [4.78, 5) is 19.2. The molecule has 0 radical (unpaired) electrons. The number of aromatic nitrogens is 1. The van der Waals surface area contributed by atoms with Gasteiger partial charge in [0, 0.05) is 17.5 Å². The molecule has 3 heteroatoms. The monoisotopic (exact) mass is 252 g/mol. The summed E-state index contributed by atoms with van der Waals surface area (Å²) in [5.74, 6) is 0.286. The topological polar surface area (TPSA) is 33.2 Å². The fourth-order valence-corrected chi connectivity index (χ4v) is 3.62. The molecule has 1 fully saturated rings. The smallest absolute Gasteiger partial charge is 0.237 e. The predicted octanol–water partition coefficient (Wildman–Crippen LogP) is 3.02. The molecular formula is C16H16N2O. The summed E-state index contributed by atoms with van der Waals surface area (Å²) in [6.45, 7) is 2.77. The second-order valence-electron chi connectivity index (χ2n) is 5.52. The number of fused-ring (bicyclic) bond motifs is 4. The first-order valence-electron chi connectivity index (χ1n) is 6.98. The number of anilines is 1. The summed E-state index contributed by atoms with van der Waals surface area (Å²) in [6, 6.07) is 8.17. The Morgan fingerprint density at radius 2 is 2.11 bits per heavy atom. The van der Waals surface area contributed by atoms with E-state index in [9.17, 15) is 4.79 Å². The van der Waals surface area contributed by atoms with Gasteiger partial charge in [-0.1, -0.05) is 24.6 Å². The lowest BCUT2D eigenvalue weighted by atomic mass is 9.64. The van der Waals surface area contributed by atoms with Crippen LogP contribution in [0.1, 0.15) is 31.7 Å². The molecule has 2 aliphatic rings. The molecule has 1 amide bonds. The maximum absolute atomic E-state index is 12.7. The highest BCUT2D eigenvalue weighted by molar-refractivity contribution is 6.12. The Hall–Kier alpha value is -1.90. The number of likely N-dealkylation sites (N-methyl/N-ethyl adjacent to an activating group) is 1. The molecule has 1 aromatic carbocycles. The maximum Gasteiger partial charge on any atom is 0.237 e. The molecule has 1 spiro atoms. The second-order valence-corrected chi connectivity index (χ2v) is 5.52. The van der Waals surface area contributed by atoms with E-state index >= 15 is 0 Å². The fraction of sp³-hybridized carbons (Fsp3) is 0.375. The van der Waals surface area contributed by atoms with Gasteiger partial charge in [-0.15, -0.1) is 0 Å². The van der Waals surface area contributed by atoms with E-state index in [0.29, 0.717) is 0 Å². The highest BCUT2D eigenvalue weighted by Crippen LogP contribution is 2.55. The molecule has 1 aromatic heterocycles. The van der Waals surface area contributed by atoms with Gasteiger partial charge in [0.15, 0.2) is 0 Å². The van der Waals surface area contributed by atoms with Crippen molar-refractivity contribution in [3.05, 3.63) is 36.0 Å². The minimum absolute atomic E-state index is 0.242. The van der Waals surface area contributed by atoms with Crippen LogP contribution in [0, 0.1) is 0 Å². The Morgan fingerprint density at radius 1 is 1.32 bits per heavy atom. The van der Waals surface area contributed by atoms with Gasteiger partial charge in [0.1, 0.15) is 0 Å². The van der Waals surface area contributed by atoms with Crippen molar-refractivity contribution in [1.82, 2.24) is 4.98 Å². The molecular weight excluding hydrogens is 236 g/mol. The van der Waals surface area contributed by atoms with Crippen molar-refractivity contribution in [2.24, 2.45) is 0 Å². The number of nitrogens with zero attached hydrogens (tertiary/aromatic N) is 2. The summed E-state index contributed by atoms with van der Waals surface area (Å²) < 4.78 is 0. The number of pyridine rings is 1. The SMILES string of the molecule is CCN1C(=O)C2(CCC2)c2c1cnc1ccccc21. The minimum Gasteiger partial charge on any atom is -0.310 e. The average molecular weight is 252 g/mol. The molecule has 96 valence electrons. The van der Waals surface area contributed by atoms with Crippen LogP contribution in [0.3, 0.4) is 0 Å². The van der Waals surface area contributed by atoms with Crippen LogP contribution in [0.15, 0.2) is 30.5 Å². The molecule has 3 nitrogen and oxygen atoms in total. The molecule has 0 saturated heterocycles. The predicted molar refractivity (Wildman–Crippen MR) is 75.3 cm³/mol. The maximum atomic E-state index is 12.7. The van der Waals surface area contributed by atoms with Crippen molar-refractivity contribution in [2.75, 3.05) is 11.4 Å². The third-order valence-electron chi connectivity index (χ3n) is 4.70. The van der Waals surface area contributed by atoms with Crippen molar-refractivity contribution < 1.29 is 4.79 Å². The molecule has 1 saturated carbocycles. The van der Waals surface area contributed by atoms with Crippen LogP contribution in [0.5, 0.6) is 0 Å². The standard InChI is InChI=1S/C16H16N2O/c1-2-18-13-10-17-12-7-4-3-6-11(12)14(13)16(15(18)19)8-5-9-16/h3-4,6-7,10H,2,5,8-9H2,1H3. The van der Waals surface area contributed by atoms with E-state index < -0.39 is 0 Å². The van der Waals surface area contributed by atoms with Crippen LogP contribution in [0.2, 0.25) is 0 Å². The first-order valence-corrected chi connectivity index (χ1v) is 6.98. The van der Waals surface area contributed by atoms with Crippen molar-refractivity contribution in [2.45, 2.75) is 31.6 Å². The van der Waals surface area contributed by atoms with Crippen molar-refractivity contribution in [3.8, 4) is 0 Å². The molecule has 1 aliphatic heterocycles. The number of amides is 1. The molecule has 1 aliphatic carbocycles. The highest BCUT2D eigenvalue weighted by Gasteiger charge is 2.54. The van der Waals surface area contributed by atoms with Gasteiger partial charge >= 0.3 is 0 Å². The van der Waals surface area contributed by atoms with Gasteiger partial charge in [-0.25, -0.2) is 0 Å². The van der Waals surface area contributed by atoms with E-state index in [0.717, 1.165) is 42.4 Å². The van der Waals surface area contributed by atoms with Gasteiger partial charge in [-0.05, 0) is 25.8 Å². The zero-order valence-electron chi connectivity index (χ0n) is 11.0. The Labute approximate surface area is 112 Å². The van der Waals surface area contributed by atoms with Crippen LogP contribution in [0.25, 0.3) is 10.9 Å². The van der Waals surface area contributed by atoms with Crippen molar-refractivity contribution in [3.63, 3.8) is 0 Å². The number of benzene rings is 1. The van der Waals surface area contributed by atoms with Gasteiger partial charge in [0.05, 0.1) is 22.8 Å². The minimum atomic E-state index is -0.242. The van der Waals surface area contributed by atoms with Gasteiger partial charge in [-0.2, -0.15) is 0 Å². The van der Waals surface area contributed by atoms with Crippen LogP contribution >= 0.6 is 0 Å². The molecule has 0 atom stereocenters. The van der Waals surface area contributed by atoms with Crippen LogP contribution in [-0.4, -0.2) is 17.4 Å². The van der Waals surface area contributed by atoms with Crippen LogP contribution < -0.4 is 4.90 Å². The van der Waals surface area contributed by atoms with Gasteiger partial charge in [0.25, 0.3) is 0 Å². The Kier molecular flexibility index (Phi) is 2.06. The number of carbonyl (C=O) groups excluding carboxylic acids is 1. The number of para-hydroxylation sites is 1. The first kappa shape index (κ1) is 11.0. The summed E-state index contributed by atoms with van der Waals surface area (Å²) in [5.41, 5.74) is 3.02. The Bertz CT molecular complexity index is 688. The normalized spacial score (nSPS) is 19.8. The van der Waals surface area contributed by atoms with Gasteiger partial charge in [0.2, 0.25) is 5.91 Å². The van der Waals surface area contributed by atoms with E-state index in [4.69, 9.17) is 0 Å². The molecule has 2 heterocycles. The van der Waals surface area contributed by atoms with Crippen LogP contribution in [-0.2, 0) is 10.2 Å². The number of hydrogen-bond donors (Lipinski definition) is 0. The summed E-state index contributed by atoms with van der Waals surface area (Å²) >= 11 is 0. The largest absolute Gasteiger partial charge is 0.310 e. The molecule has 0 N–H and O–H groups in total. The summed E-state index contributed by atoms with van der Waals surface area (Å²) in [5, 5.41) is 1.16. The molecule has 4 rings (SSSR count). The lowest BCUT2D eigenvalue weighted by molar-refractivity contribution is -0.125. The third kappa shape index (κ3) is 1.18. The van der Waals surface area contributed by atoms with E-state index in [1.165, 1.54) is 5.56 Å². The number of hydrogen-bond acceptors (Lipinski definition) is 2. The lowest BCUT2D eigenvalue weighted by Crippen LogP contribution is -2.45. The zero-order chi connectivity index (χ0) is 13.0. The second kappa shape index (κ2) is 3.56. The van der Waals surface area contributed by atoms with Crippen molar-refractivity contribution in [1.29, 1.82) is 0 Å². The molecule has 0 unspecified atom stereocenters. The van der Waals surface area contributed by atoms with Crippen molar-refractivity contribution >= 4 is 22.5 Å². The van der Waals surface area contributed by atoms with Crippen LogP contribution in [0.4, 0.5) is 5.69 Å². The van der Waals surface area contributed by atoms with E-state index in [1.54, 1.807) is 0 Å². The number of carbonyl (C=O) groups is 1. The Morgan fingerprint density at radius 3 is 2.79 bits per heavy atom. The number of rotatable bonds is 1.